The van der Waals surface area contributed by atoms with Crippen LogP contribution in [0.25, 0.3) is 0 Å². The molecule has 0 fully saturated rings. The Morgan fingerprint density at radius 1 is 1.14 bits per heavy atom. The van der Waals surface area contributed by atoms with Crippen molar-refractivity contribution in [2.75, 3.05) is 6.54 Å². The van der Waals surface area contributed by atoms with Gasteiger partial charge in [0.05, 0.1) is 11.0 Å². The van der Waals surface area contributed by atoms with Crippen LogP contribution in [-0.2, 0) is 13.1 Å². The van der Waals surface area contributed by atoms with Gasteiger partial charge in [-0.1, -0.05) is 23.7 Å². The van der Waals surface area contributed by atoms with Gasteiger partial charge in [0.15, 0.2) is 11.6 Å². The maximum absolute atomic E-state index is 14.4. The molecule has 8 heteroatoms. The van der Waals surface area contributed by atoms with E-state index in [1.165, 1.54) is 24.3 Å². The molecule has 1 atom stereocenters. The van der Waals surface area contributed by atoms with Crippen LogP contribution in [0.4, 0.5) is 14.5 Å². The van der Waals surface area contributed by atoms with E-state index in [4.69, 9.17) is 11.6 Å². The third-order valence-corrected chi connectivity index (χ3v) is 5.59. The first-order valence-electron chi connectivity index (χ1n) is 9.21. The maximum atomic E-state index is 14.4. The second kappa shape index (κ2) is 7.93. The number of aromatic nitrogens is 1. The minimum Gasteiger partial charge on any atom is -0.350 e. The number of aryl methyl sites for hydroxylation is 1. The Morgan fingerprint density at radius 3 is 2.76 bits per heavy atom. The molecule has 0 radical (unpaired) electrons. The number of rotatable bonds is 4. The average Bonchev–Trinajstić information content (AvgIpc) is 3.08. The molecule has 1 aromatic heterocycles. The van der Waals surface area contributed by atoms with Crippen molar-refractivity contribution in [2.45, 2.75) is 25.6 Å². The highest BCUT2D eigenvalue weighted by molar-refractivity contribution is 6.31. The highest BCUT2D eigenvalue weighted by atomic mass is 35.5. The number of benzene rings is 2. The van der Waals surface area contributed by atoms with Crippen molar-refractivity contribution in [1.82, 2.24) is 9.47 Å². The van der Waals surface area contributed by atoms with Crippen LogP contribution in [0.5, 0.6) is 0 Å². The van der Waals surface area contributed by atoms with Crippen LogP contribution < -0.4 is 0 Å². The quantitative estimate of drug-likeness (QED) is 0.426. The van der Waals surface area contributed by atoms with Crippen LogP contribution in [0.15, 0.2) is 54.7 Å². The van der Waals surface area contributed by atoms with E-state index in [-0.39, 0.29) is 17.8 Å². The summed E-state index contributed by atoms with van der Waals surface area (Å²) in [4.78, 5) is 12.8. The van der Waals surface area contributed by atoms with E-state index in [2.05, 4.69) is 4.57 Å². The predicted octanol–water partition coefficient (Wildman–Crippen LogP) is 5.32. The molecule has 3 aromatic rings. The normalized spacial score (nSPS) is 17.0. The third-order valence-electron chi connectivity index (χ3n) is 5.24. The zero-order valence-corrected chi connectivity index (χ0v) is 16.1. The van der Waals surface area contributed by atoms with E-state index in [9.17, 15) is 18.9 Å². The van der Waals surface area contributed by atoms with Crippen molar-refractivity contribution in [3.05, 3.63) is 98.3 Å². The molecule has 5 nitrogen and oxygen atoms in total. The minimum atomic E-state index is -0.898. The molecule has 2 aromatic carbocycles. The zero-order chi connectivity index (χ0) is 20.5. The van der Waals surface area contributed by atoms with Gasteiger partial charge in [0.1, 0.15) is 0 Å². The summed E-state index contributed by atoms with van der Waals surface area (Å²) in [6.07, 6.45) is 2.74. The second-order valence-corrected chi connectivity index (χ2v) is 7.44. The highest BCUT2D eigenvalue weighted by Gasteiger charge is 2.31. The molecule has 2 heterocycles. The molecule has 0 spiro atoms. The molecule has 0 N–H and O–H groups in total. The Balaban J connectivity index is 1.83. The second-order valence-electron chi connectivity index (χ2n) is 7.03. The monoisotopic (exact) mass is 417 g/mol. The summed E-state index contributed by atoms with van der Waals surface area (Å²) < 4.78 is 30.2. The van der Waals surface area contributed by atoms with Crippen molar-refractivity contribution >= 4 is 17.3 Å². The Kier molecular flexibility index (Phi) is 5.34. The van der Waals surface area contributed by atoms with Crippen molar-refractivity contribution in [3.63, 3.8) is 0 Å². The molecule has 0 saturated heterocycles. The van der Waals surface area contributed by atoms with E-state index in [0.717, 1.165) is 24.7 Å². The van der Waals surface area contributed by atoms with Gasteiger partial charge in [0.25, 0.3) is 5.69 Å². The molecule has 1 unspecified atom stereocenters. The average molecular weight is 418 g/mol. The number of halogens is 3. The predicted molar refractivity (Wildman–Crippen MR) is 106 cm³/mol. The number of fused-ring (bicyclic) bond motifs is 1. The first kappa shape index (κ1) is 19.5. The fourth-order valence-corrected chi connectivity index (χ4v) is 4.13. The number of nitrogens with zero attached hydrogens (tertiary/aromatic N) is 3. The Hall–Kier alpha value is -2.77. The number of nitro groups is 1. The van der Waals surface area contributed by atoms with Gasteiger partial charge in [-0.2, -0.15) is 0 Å². The topological polar surface area (TPSA) is 51.3 Å². The lowest BCUT2D eigenvalue weighted by Crippen LogP contribution is -2.30. The first-order chi connectivity index (χ1) is 14.0. The molecular weight excluding hydrogens is 400 g/mol. The van der Waals surface area contributed by atoms with Gasteiger partial charge in [0.2, 0.25) is 0 Å². The first-order valence-corrected chi connectivity index (χ1v) is 9.59. The molecule has 1 aliphatic heterocycles. The van der Waals surface area contributed by atoms with Crippen LogP contribution in [0.2, 0.25) is 5.02 Å². The van der Waals surface area contributed by atoms with Crippen LogP contribution >= 0.6 is 11.6 Å². The van der Waals surface area contributed by atoms with Gasteiger partial charge in [-0.15, -0.1) is 0 Å². The molecule has 1 aliphatic rings. The molecule has 0 aliphatic carbocycles. The van der Waals surface area contributed by atoms with Crippen LogP contribution in [-0.4, -0.2) is 20.9 Å². The highest BCUT2D eigenvalue weighted by Crippen LogP contribution is 2.38. The van der Waals surface area contributed by atoms with E-state index in [0.29, 0.717) is 17.1 Å². The largest absolute Gasteiger partial charge is 0.350 e. The van der Waals surface area contributed by atoms with Gasteiger partial charge in [-0.3, -0.25) is 15.0 Å². The van der Waals surface area contributed by atoms with Crippen molar-refractivity contribution in [2.24, 2.45) is 0 Å². The van der Waals surface area contributed by atoms with E-state index in [1.54, 1.807) is 6.07 Å². The molecule has 4 rings (SSSR count). The zero-order valence-electron chi connectivity index (χ0n) is 15.4. The molecule has 0 bridgehead atoms. The summed E-state index contributed by atoms with van der Waals surface area (Å²) in [6.45, 7) is 1.51. The third kappa shape index (κ3) is 3.75. The van der Waals surface area contributed by atoms with Gasteiger partial charge in [0, 0.05) is 59.8 Å². The van der Waals surface area contributed by atoms with Crippen molar-refractivity contribution in [3.8, 4) is 0 Å². The van der Waals surface area contributed by atoms with E-state index >= 15 is 0 Å². The lowest BCUT2D eigenvalue weighted by molar-refractivity contribution is -0.384. The summed E-state index contributed by atoms with van der Waals surface area (Å²) in [5, 5.41) is 11.7. The van der Waals surface area contributed by atoms with E-state index < -0.39 is 22.6 Å². The molecule has 0 saturated carbocycles. The number of hydrogen-bond donors (Lipinski definition) is 0. The summed E-state index contributed by atoms with van der Waals surface area (Å²) in [5.41, 5.74) is 1.64. The van der Waals surface area contributed by atoms with Gasteiger partial charge < -0.3 is 4.57 Å². The van der Waals surface area contributed by atoms with Crippen LogP contribution in [0.1, 0.15) is 29.3 Å². The Bertz CT molecular complexity index is 1070. The molecular formula is C21H18ClF2N3O2. The van der Waals surface area contributed by atoms with Gasteiger partial charge in [-0.25, -0.2) is 8.78 Å². The number of hydrogen-bond acceptors (Lipinski definition) is 3. The summed E-state index contributed by atoms with van der Waals surface area (Å²) in [6, 6.07) is 11.8. The minimum absolute atomic E-state index is 0.0661. The Labute approximate surface area is 171 Å². The Morgan fingerprint density at radius 2 is 1.97 bits per heavy atom. The molecule has 0 amide bonds. The smallest absolute Gasteiger partial charge is 0.269 e. The SMILES string of the molecule is O=[N+]([O-])c1ccc(Cl)c(C2c3cccn3CCCN2Cc2cccc(F)c2F)c1. The number of non-ortho nitro benzene ring substituents is 1. The molecule has 29 heavy (non-hydrogen) atoms. The maximum Gasteiger partial charge on any atom is 0.269 e. The molecule has 150 valence electrons. The van der Waals surface area contributed by atoms with Gasteiger partial charge >= 0.3 is 0 Å². The standard InChI is InChI=1S/C21H18ClF2N3O2/c22-17-8-7-15(27(28)29)12-16(17)21-19-6-2-9-25(19)10-3-11-26(21)13-14-4-1-5-18(23)20(14)24/h1-2,4-9,12,21H,3,10-11,13H2. The fourth-order valence-electron chi connectivity index (χ4n) is 3.91. The summed E-state index contributed by atoms with van der Waals surface area (Å²) in [7, 11) is 0. The van der Waals surface area contributed by atoms with Crippen LogP contribution in [0.3, 0.4) is 0 Å². The lowest BCUT2D eigenvalue weighted by Gasteiger charge is -2.31. The number of nitro benzene ring substituents is 1. The van der Waals surface area contributed by atoms with Gasteiger partial charge in [-0.05, 0) is 30.7 Å². The lowest BCUT2D eigenvalue weighted by atomic mass is 10.00. The fraction of sp³-hybridized carbons (Fsp3) is 0.238. The summed E-state index contributed by atoms with van der Waals surface area (Å²) >= 11 is 6.45. The van der Waals surface area contributed by atoms with Crippen molar-refractivity contribution in [1.29, 1.82) is 0 Å². The summed E-state index contributed by atoms with van der Waals surface area (Å²) in [5.74, 6) is -1.78. The van der Waals surface area contributed by atoms with Crippen molar-refractivity contribution < 1.29 is 13.7 Å². The van der Waals surface area contributed by atoms with Crippen LogP contribution in [0, 0.1) is 21.7 Å². The van der Waals surface area contributed by atoms with E-state index in [1.807, 2.05) is 23.2 Å².